The van der Waals surface area contributed by atoms with Crippen molar-refractivity contribution < 1.29 is 9.32 Å². The zero-order valence-electron chi connectivity index (χ0n) is 14.1. The Balaban J connectivity index is 0.00000182. The maximum atomic E-state index is 12.0. The number of aromatic nitrogens is 2. The predicted molar refractivity (Wildman–Crippen MR) is 95.3 cm³/mol. The number of nitrogens with zero attached hydrogens (tertiary/aromatic N) is 2. The SMILES string of the molecule is Cl.O=C(CCCc1nc(C2CC2)no1)NCc1ccc2c(c1)CNC2. The van der Waals surface area contributed by atoms with Gasteiger partial charge in [-0.2, -0.15) is 4.98 Å². The van der Waals surface area contributed by atoms with E-state index < -0.39 is 0 Å². The number of benzene rings is 1. The lowest BCUT2D eigenvalue weighted by molar-refractivity contribution is -0.121. The molecule has 0 spiro atoms. The lowest BCUT2D eigenvalue weighted by atomic mass is 10.1. The molecule has 2 aromatic rings. The zero-order valence-corrected chi connectivity index (χ0v) is 14.9. The van der Waals surface area contributed by atoms with E-state index in [2.05, 4.69) is 39.0 Å². The molecule has 4 rings (SSSR count). The van der Waals surface area contributed by atoms with Crippen LogP contribution in [0.4, 0.5) is 0 Å². The number of nitrogens with one attached hydrogen (secondary N) is 2. The van der Waals surface area contributed by atoms with E-state index in [0.29, 0.717) is 31.2 Å². The number of halogens is 1. The van der Waals surface area contributed by atoms with Gasteiger partial charge in [0.05, 0.1) is 0 Å². The van der Waals surface area contributed by atoms with Crippen LogP contribution < -0.4 is 10.6 Å². The normalized spacial score (nSPS) is 15.5. The molecule has 25 heavy (non-hydrogen) atoms. The molecule has 1 aliphatic heterocycles. The van der Waals surface area contributed by atoms with E-state index in [1.54, 1.807) is 0 Å². The molecule has 0 bridgehead atoms. The third-order valence-corrected chi connectivity index (χ3v) is 4.61. The summed E-state index contributed by atoms with van der Waals surface area (Å²) in [5.74, 6) is 2.06. The summed E-state index contributed by atoms with van der Waals surface area (Å²) in [4.78, 5) is 16.4. The fraction of sp³-hybridized carbons (Fsp3) is 0.500. The maximum Gasteiger partial charge on any atom is 0.226 e. The molecule has 1 aromatic heterocycles. The van der Waals surface area contributed by atoms with Crippen LogP contribution in [-0.4, -0.2) is 16.0 Å². The number of fused-ring (bicyclic) bond motifs is 1. The summed E-state index contributed by atoms with van der Waals surface area (Å²) in [6.07, 6.45) is 4.21. The van der Waals surface area contributed by atoms with Crippen molar-refractivity contribution in [3.63, 3.8) is 0 Å². The van der Waals surface area contributed by atoms with Crippen molar-refractivity contribution in [1.29, 1.82) is 0 Å². The van der Waals surface area contributed by atoms with Gasteiger partial charge in [0.2, 0.25) is 11.8 Å². The number of carbonyl (C=O) groups excluding carboxylic acids is 1. The number of hydrogen-bond acceptors (Lipinski definition) is 5. The van der Waals surface area contributed by atoms with Crippen molar-refractivity contribution in [2.24, 2.45) is 0 Å². The number of rotatable bonds is 7. The summed E-state index contributed by atoms with van der Waals surface area (Å²) < 4.78 is 5.22. The Labute approximate surface area is 153 Å². The minimum Gasteiger partial charge on any atom is -0.352 e. The highest BCUT2D eigenvalue weighted by Gasteiger charge is 2.28. The van der Waals surface area contributed by atoms with Crippen LogP contribution in [0.2, 0.25) is 0 Å². The van der Waals surface area contributed by atoms with Crippen molar-refractivity contribution in [3.8, 4) is 0 Å². The van der Waals surface area contributed by atoms with Crippen LogP contribution in [0.25, 0.3) is 0 Å². The Bertz CT molecular complexity index is 742. The number of amides is 1. The Morgan fingerprint density at radius 2 is 2.12 bits per heavy atom. The summed E-state index contributed by atoms with van der Waals surface area (Å²) >= 11 is 0. The molecule has 1 aromatic carbocycles. The first-order valence-electron chi connectivity index (χ1n) is 8.68. The molecule has 1 aliphatic carbocycles. The summed E-state index contributed by atoms with van der Waals surface area (Å²) in [6.45, 7) is 2.45. The minimum absolute atomic E-state index is 0. The lowest BCUT2D eigenvalue weighted by Gasteiger charge is -2.06. The Morgan fingerprint density at radius 3 is 2.96 bits per heavy atom. The van der Waals surface area contributed by atoms with E-state index in [4.69, 9.17) is 4.52 Å². The highest BCUT2D eigenvalue weighted by Crippen LogP contribution is 2.38. The summed E-state index contributed by atoms with van der Waals surface area (Å²) in [7, 11) is 0. The van der Waals surface area contributed by atoms with Crippen LogP contribution in [0.15, 0.2) is 22.7 Å². The van der Waals surface area contributed by atoms with Crippen LogP contribution in [0.5, 0.6) is 0 Å². The monoisotopic (exact) mass is 362 g/mol. The maximum absolute atomic E-state index is 12.0. The molecule has 0 saturated heterocycles. The van der Waals surface area contributed by atoms with Crippen molar-refractivity contribution in [3.05, 3.63) is 46.6 Å². The van der Waals surface area contributed by atoms with Gasteiger partial charge in [-0.05, 0) is 36.0 Å². The van der Waals surface area contributed by atoms with Gasteiger partial charge in [0.15, 0.2) is 5.82 Å². The van der Waals surface area contributed by atoms with Crippen LogP contribution >= 0.6 is 12.4 Å². The quantitative estimate of drug-likeness (QED) is 0.791. The fourth-order valence-electron chi connectivity index (χ4n) is 3.02. The summed E-state index contributed by atoms with van der Waals surface area (Å²) in [5.41, 5.74) is 3.84. The standard InChI is InChI=1S/C18H22N4O2.ClH/c23-16(2-1-3-17-21-18(22-24-17)13-6-7-13)20-9-12-4-5-14-10-19-11-15(14)8-12;/h4-5,8,13,19H,1-3,6-7,9-11H2,(H,20,23);1H. The fourth-order valence-corrected chi connectivity index (χ4v) is 3.02. The molecule has 0 radical (unpaired) electrons. The van der Waals surface area contributed by atoms with Crippen LogP contribution in [0.1, 0.15) is 60.0 Å². The van der Waals surface area contributed by atoms with Crippen LogP contribution in [0.3, 0.4) is 0 Å². The van der Waals surface area contributed by atoms with Crippen molar-refractivity contribution in [2.75, 3.05) is 0 Å². The van der Waals surface area contributed by atoms with E-state index in [0.717, 1.165) is 30.9 Å². The topological polar surface area (TPSA) is 80.0 Å². The molecule has 6 nitrogen and oxygen atoms in total. The van der Waals surface area contributed by atoms with Crippen LogP contribution in [-0.2, 0) is 30.8 Å². The van der Waals surface area contributed by atoms with E-state index >= 15 is 0 Å². The summed E-state index contributed by atoms with van der Waals surface area (Å²) in [6, 6.07) is 6.40. The molecule has 1 amide bonds. The van der Waals surface area contributed by atoms with Gasteiger partial charge < -0.3 is 15.2 Å². The number of hydrogen-bond donors (Lipinski definition) is 2. The first kappa shape index (κ1) is 17.9. The van der Waals surface area contributed by atoms with Gasteiger partial charge in [-0.3, -0.25) is 4.79 Å². The average Bonchev–Trinajstić information content (AvgIpc) is 3.15. The molecular formula is C18H23ClN4O2. The molecule has 0 unspecified atom stereocenters. The van der Waals surface area contributed by atoms with Crippen molar-refractivity contribution >= 4 is 18.3 Å². The van der Waals surface area contributed by atoms with E-state index in [1.165, 1.54) is 24.0 Å². The van der Waals surface area contributed by atoms with Gasteiger partial charge >= 0.3 is 0 Å². The third-order valence-electron chi connectivity index (χ3n) is 4.61. The molecule has 134 valence electrons. The number of carbonyl (C=O) groups is 1. The van der Waals surface area contributed by atoms with E-state index in [-0.39, 0.29) is 18.3 Å². The lowest BCUT2D eigenvalue weighted by Crippen LogP contribution is -2.22. The second-order valence-corrected chi connectivity index (χ2v) is 6.66. The molecule has 2 N–H and O–H groups in total. The van der Waals surface area contributed by atoms with Gasteiger partial charge in [0.1, 0.15) is 0 Å². The second kappa shape index (κ2) is 7.97. The Kier molecular flexibility index (Phi) is 5.71. The van der Waals surface area contributed by atoms with Crippen molar-refractivity contribution in [1.82, 2.24) is 20.8 Å². The van der Waals surface area contributed by atoms with Gasteiger partial charge in [-0.25, -0.2) is 0 Å². The molecule has 2 aliphatic rings. The molecule has 1 fully saturated rings. The second-order valence-electron chi connectivity index (χ2n) is 6.66. The predicted octanol–water partition coefficient (Wildman–Crippen LogP) is 2.61. The summed E-state index contributed by atoms with van der Waals surface area (Å²) in [5, 5.41) is 10.3. The van der Waals surface area contributed by atoms with Crippen molar-refractivity contribution in [2.45, 2.75) is 57.7 Å². The van der Waals surface area contributed by atoms with Crippen LogP contribution in [0, 0.1) is 0 Å². The van der Waals surface area contributed by atoms with E-state index in [9.17, 15) is 4.79 Å². The molecule has 1 saturated carbocycles. The van der Waals surface area contributed by atoms with Gasteiger partial charge in [-0.15, -0.1) is 12.4 Å². The Morgan fingerprint density at radius 1 is 1.28 bits per heavy atom. The van der Waals surface area contributed by atoms with Gasteiger partial charge in [0.25, 0.3) is 0 Å². The van der Waals surface area contributed by atoms with E-state index in [1.807, 2.05) is 0 Å². The zero-order chi connectivity index (χ0) is 16.4. The molecule has 0 atom stereocenters. The average molecular weight is 363 g/mol. The minimum atomic E-state index is 0. The number of aryl methyl sites for hydroxylation is 1. The highest BCUT2D eigenvalue weighted by atomic mass is 35.5. The molecular weight excluding hydrogens is 340 g/mol. The highest BCUT2D eigenvalue weighted by molar-refractivity contribution is 5.85. The third kappa shape index (κ3) is 4.58. The first-order valence-corrected chi connectivity index (χ1v) is 8.68. The van der Waals surface area contributed by atoms with Gasteiger partial charge in [0, 0.05) is 38.4 Å². The smallest absolute Gasteiger partial charge is 0.226 e. The largest absolute Gasteiger partial charge is 0.352 e. The van der Waals surface area contributed by atoms with Gasteiger partial charge in [-0.1, -0.05) is 23.4 Å². The molecule has 7 heteroatoms. The Hall–Kier alpha value is -1.92. The first-order chi connectivity index (χ1) is 11.8. The molecule has 2 heterocycles.